The van der Waals surface area contributed by atoms with Gasteiger partial charge in [0, 0.05) is 32.6 Å². The smallest absolute Gasteiger partial charge is 0.216 e. The first kappa shape index (κ1) is 14.5. The Balaban J connectivity index is 2.23. The van der Waals surface area contributed by atoms with E-state index < -0.39 is 0 Å². The molecule has 0 spiro atoms. The molecule has 1 rings (SSSR count). The van der Waals surface area contributed by atoms with Crippen molar-refractivity contribution in [2.24, 2.45) is 0 Å². The van der Waals surface area contributed by atoms with Crippen LogP contribution in [0.5, 0.6) is 0 Å². The van der Waals surface area contributed by atoms with Crippen LogP contribution in [-0.2, 0) is 4.79 Å². The largest absolute Gasteiger partial charge is 0.355 e. The highest BCUT2D eigenvalue weighted by atomic mass is 16.1. The molecule has 0 aromatic carbocycles. The lowest BCUT2D eigenvalue weighted by atomic mass is 10.0. The van der Waals surface area contributed by atoms with Crippen LogP contribution in [0.3, 0.4) is 0 Å². The van der Waals surface area contributed by atoms with Crippen molar-refractivity contribution in [3.05, 3.63) is 0 Å². The van der Waals surface area contributed by atoms with E-state index in [0.29, 0.717) is 6.04 Å². The van der Waals surface area contributed by atoms with E-state index in [1.54, 1.807) is 6.92 Å². The highest BCUT2D eigenvalue weighted by molar-refractivity contribution is 5.72. The summed E-state index contributed by atoms with van der Waals surface area (Å²) < 4.78 is 0. The molecular weight excluding hydrogens is 214 g/mol. The third-order valence-corrected chi connectivity index (χ3v) is 3.23. The number of rotatable bonds is 7. The molecule has 4 nitrogen and oxygen atoms in total. The molecule has 0 bridgehead atoms. The van der Waals surface area contributed by atoms with Gasteiger partial charge >= 0.3 is 0 Å². The summed E-state index contributed by atoms with van der Waals surface area (Å²) >= 11 is 0. The lowest BCUT2D eigenvalue weighted by molar-refractivity contribution is -0.119. The van der Waals surface area contributed by atoms with E-state index in [1.165, 1.54) is 25.7 Å². The molecule has 0 aromatic heterocycles. The number of carbonyl (C=O) groups is 1. The Morgan fingerprint density at radius 1 is 1.41 bits per heavy atom. The molecule has 100 valence electrons. The minimum absolute atomic E-state index is 0.0669. The van der Waals surface area contributed by atoms with Gasteiger partial charge in [-0.1, -0.05) is 13.3 Å². The Morgan fingerprint density at radius 3 is 2.82 bits per heavy atom. The van der Waals surface area contributed by atoms with Crippen molar-refractivity contribution in [2.45, 2.75) is 45.6 Å². The van der Waals surface area contributed by atoms with Crippen molar-refractivity contribution in [2.75, 3.05) is 32.7 Å². The SMILES string of the molecule is CCCN(CCNC(C)=O)CC1CCCCN1. The van der Waals surface area contributed by atoms with Crippen LogP contribution in [0.15, 0.2) is 0 Å². The molecule has 1 saturated heterocycles. The number of carbonyl (C=O) groups excluding carboxylic acids is 1. The van der Waals surface area contributed by atoms with Crippen LogP contribution in [0, 0.1) is 0 Å². The van der Waals surface area contributed by atoms with Crippen molar-refractivity contribution in [1.29, 1.82) is 0 Å². The summed E-state index contributed by atoms with van der Waals surface area (Å²) in [7, 11) is 0. The van der Waals surface area contributed by atoms with E-state index >= 15 is 0 Å². The summed E-state index contributed by atoms with van der Waals surface area (Å²) in [4.78, 5) is 13.3. The van der Waals surface area contributed by atoms with E-state index in [2.05, 4.69) is 22.5 Å². The summed E-state index contributed by atoms with van der Waals surface area (Å²) in [5.41, 5.74) is 0. The van der Waals surface area contributed by atoms with Crippen molar-refractivity contribution < 1.29 is 4.79 Å². The zero-order valence-electron chi connectivity index (χ0n) is 11.3. The maximum atomic E-state index is 10.8. The lowest BCUT2D eigenvalue weighted by Gasteiger charge is -2.30. The van der Waals surface area contributed by atoms with Gasteiger partial charge in [-0.3, -0.25) is 4.79 Å². The number of piperidine rings is 1. The van der Waals surface area contributed by atoms with E-state index in [1.807, 2.05) is 0 Å². The first-order valence-electron chi connectivity index (χ1n) is 6.92. The average Bonchev–Trinajstić information content (AvgIpc) is 2.30. The molecule has 0 aromatic rings. The summed E-state index contributed by atoms with van der Waals surface area (Å²) in [6.45, 7) is 8.92. The highest BCUT2D eigenvalue weighted by Gasteiger charge is 2.15. The normalized spacial score (nSPS) is 20.5. The van der Waals surface area contributed by atoms with Gasteiger partial charge in [-0.05, 0) is 32.4 Å². The summed E-state index contributed by atoms with van der Waals surface area (Å²) in [5, 5.41) is 6.45. The van der Waals surface area contributed by atoms with Crippen molar-refractivity contribution in [1.82, 2.24) is 15.5 Å². The van der Waals surface area contributed by atoms with Crippen LogP contribution >= 0.6 is 0 Å². The Morgan fingerprint density at radius 2 is 2.24 bits per heavy atom. The first-order valence-corrected chi connectivity index (χ1v) is 6.92. The second kappa shape index (κ2) is 8.48. The quantitative estimate of drug-likeness (QED) is 0.698. The predicted octanol–water partition coefficient (Wildman–Crippen LogP) is 0.977. The fraction of sp³-hybridized carbons (Fsp3) is 0.923. The molecular formula is C13H27N3O. The third kappa shape index (κ3) is 6.64. The number of hydrogen-bond acceptors (Lipinski definition) is 3. The Labute approximate surface area is 105 Å². The maximum Gasteiger partial charge on any atom is 0.216 e. The molecule has 4 heteroatoms. The second-order valence-electron chi connectivity index (χ2n) is 4.93. The summed E-state index contributed by atoms with van der Waals surface area (Å²) in [5.74, 6) is 0.0669. The van der Waals surface area contributed by atoms with Crippen molar-refractivity contribution >= 4 is 5.91 Å². The maximum absolute atomic E-state index is 10.8. The van der Waals surface area contributed by atoms with Gasteiger partial charge in [0.2, 0.25) is 5.91 Å². The molecule has 17 heavy (non-hydrogen) atoms. The molecule has 1 aliphatic rings. The van der Waals surface area contributed by atoms with Crippen LogP contribution in [0.1, 0.15) is 39.5 Å². The third-order valence-electron chi connectivity index (χ3n) is 3.23. The molecule has 1 heterocycles. The van der Waals surface area contributed by atoms with Gasteiger partial charge in [-0.15, -0.1) is 0 Å². The summed E-state index contributed by atoms with van der Waals surface area (Å²) in [6, 6.07) is 0.646. The molecule has 2 N–H and O–H groups in total. The highest BCUT2D eigenvalue weighted by Crippen LogP contribution is 2.08. The molecule has 1 amide bonds. The van der Waals surface area contributed by atoms with Gasteiger partial charge in [-0.2, -0.15) is 0 Å². The van der Waals surface area contributed by atoms with Gasteiger partial charge in [0.25, 0.3) is 0 Å². The minimum atomic E-state index is 0.0669. The zero-order valence-corrected chi connectivity index (χ0v) is 11.3. The molecule has 1 unspecified atom stereocenters. The molecule has 1 atom stereocenters. The molecule has 1 fully saturated rings. The van der Waals surface area contributed by atoms with Gasteiger partial charge in [0.05, 0.1) is 0 Å². The van der Waals surface area contributed by atoms with Crippen LogP contribution in [0.4, 0.5) is 0 Å². The lowest BCUT2D eigenvalue weighted by Crippen LogP contribution is -2.45. The van der Waals surface area contributed by atoms with Gasteiger partial charge < -0.3 is 15.5 Å². The fourth-order valence-corrected chi connectivity index (χ4v) is 2.39. The van der Waals surface area contributed by atoms with Gasteiger partial charge in [0.1, 0.15) is 0 Å². The van der Waals surface area contributed by atoms with Crippen LogP contribution in [0.2, 0.25) is 0 Å². The Bertz CT molecular complexity index is 215. The molecule has 0 saturated carbocycles. The van der Waals surface area contributed by atoms with Crippen LogP contribution in [0.25, 0.3) is 0 Å². The molecule has 0 aliphatic carbocycles. The monoisotopic (exact) mass is 241 g/mol. The zero-order chi connectivity index (χ0) is 12.5. The van der Waals surface area contributed by atoms with Crippen LogP contribution in [-0.4, -0.2) is 49.6 Å². The number of nitrogens with one attached hydrogen (secondary N) is 2. The molecule has 0 radical (unpaired) electrons. The second-order valence-corrected chi connectivity index (χ2v) is 4.93. The van der Waals surface area contributed by atoms with E-state index in [-0.39, 0.29) is 5.91 Å². The Hall–Kier alpha value is -0.610. The number of hydrogen-bond donors (Lipinski definition) is 2. The van der Waals surface area contributed by atoms with E-state index in [9.17, 15) is 4.79 Å². The van der Waals surface area contributed by atoms with Crippen molar-refractivity contribution in [3.63, 3.8) is 0 Å². The number of nitrogens with zero attached hydrogens (tertiary/aromatic N) is 1. The predicted molar refractivity (Wildman–Crippen MR) is 71.1 cm³/mol. The average molecular weight is 241 g/mol. The number of amides is 1. The Kier molecular flexibility index (Phi) is 7.21. The van der Waals surface area contributed by atoms with Gasteiger partial charge in [-0.25, -0.2) is 0 Å². The summed E-state index contributed by atoms with van der Waals surface area (Å²) in [6.07, 6.45) is 5.13. The standard InChI is InChI=1S/C13H27N3O/c1-3-9-16(10-8-14-12(2)17)11-13-6-4-5-7-15-13/h13,15H,3-11H2,1-2H3,(H,14,17). The van der Waals surface area contributed by atoms with Gasteiger partial charge in [0.15, 0.2) is 0 Å². The molecule has 1 aliphatic heterocycles. The van der Waals surface area contributed by atoms with Crippen molar-refractivity contribution in [3.8, 4) is 0 Å². The fourth-order valence-electron chi connectivity index (χ4n) is 2.39. The first-order chi connectivity index (χ1) is 8.22. The minimum Gasteiger partial charge on any atom is -0.355 e. The van der Waals surface area contributed by atoms with E-state index in [0.717, 1.165) is 32.7 Å². The van der Waals surface area contributed by atoms with Crippen LogP contribution < -0.4 is 10.6 Å². The van der Waals surface area contributed by atoms with E-state index in [4.69, 9.17) is 0 Å². The topological polar surface area (TPSA) is 44.4 Å².